The molecule has 2 amide bonds. The van der Waals surface area contributed by atoms with Gasteiger partial charge in [-0.3, -0.25) is 14.4 Å². The van der Waals surface area contributed by atoms with Crippen LogP contribution in [0, 0.1) is 11.8 Å². The van der Waals surface area contributed by atoms with Gasteiger partial charge in [0.2, 0.25) is 11.8 Å². The minimum absolute atomic E-state index is 0.0619. The van der Waals surface area contributed by atoms with Crippen LogP contribution in [-0.2, 0) is 14.4 Å². The van der Waals surface area contributed by atoms with Crippen molar-refractivity contribution < 1.29 is 24.6 Å². The molecule has 0 aliphatic carbocycles. The number of hydrogen-bond acceptors (Lipinski definition) is 5. The van der Waals surface area contributed by atoms with Crippen LogP contribution in [0.5, 0.6) is 0 Å². The fourth-order valence-corrected chi connectivity index (χ4v) is 7.90. The highest BCUT2D eigenvalue weighted by Crippen LogP contribution is 2.66. The summed E-state index contributed by atoms with van der Waals surface area (Å²) in [5, 5.41) is 18.9. The maximum Gasteiger partial charge on any atom is 0.308 e. The Hall–Kier alpha value is -1.54. The van der Waals surface area contributed by atoms with Crippen molar-refractivity contribution in [3.05, 3.63) is 12.7 Å². The summed E-state index contributed by atoms with van der Waals surface area (Å²) in [6, 6.07) is -0.611. The Balaban J connectivity index is 1.90. The Bertz CT molecular complexity index is 701. The summed E-state index contributed by atoms with van der Waals surface area (Å²) in [4.78, 5) is 42.9. The van der Waals surface area contributed by atoms with Gasteiger partial charge in [0.25, 0.3) is 0 Å². The molecule has 2 bridgehead atoms. The molecule has 3 saturated heterocycles. The molecule has 3 rings (SSSR count). The molecule has 1 spiro atoms. The second kappa shape index (κ2) is 10.4. The first kappa shape index (κ1) is 24.1. The summed E-state index contributed by atoms with van der Waals surface area (Å²) in [7, 11) is 0. The fourth-order valence-electron chi connectivity index (χ4n) is 5.70. The van der Waals surface area contributed by atoms with Crippen molar-refractivity contribution in [2.45, 2.75) is 74.3 Å². The number of amides is 2. The maximum absolute atomic E-state index is 13.9. The Kier molecular flexibility index (Phi) is 8.08. The third kappa shape index (κ3) is 4.38. The molecule has 3 aliphatic rings. The molecule has 0 radical (unpaired) electrons. The summed E-state index contributed by atoms with van der Waals surface area (Å²) >= 11 is 1.58. The number of rotatable bonds is 13. The van der Waals surface area contributed by atoms with Crippen LogP contribution >= 0.6 is 11.8 Å². The number of carboxylic acids is 1. The molecule has 2 N–H and O–H groups in total. The molecule has 8 heteroatoms. The first-order chi connectivity index (χ1) is 14.9. The maximum atomic E-state index is 13.9. The minimum atomic E-state index is -0.920. The number of carbonyl (C=O) groups is 3. The Morgan fingerprint density at radius 3 is 2.71 bits per heavy atom. The largest absolute Gasteiger partial charge is 0.481 e. The smallest absolute Gasteiger partial charge is 0.308 e. The van der Waals surface area contributed by atoms with E-state index in [4.69, 9.17) is 5.11 Å². The van der Waals surface area contributed by atoms with Crippen LogP contribution in [0.25, 0.3) is 0 Å². The molecule has 174 valence electrons. The van der Waals surface area contributed by atoms with Crippen LogP contribution in [-0.4, -0.2) is 80.1 Å². The van der Waals surface area contributed by atoms with E-state index in [2.05, 4.69) is 13.5 Å². The molecule has 7 nitrogen and oxygen atoms in total. The molecule has 5 atom stereocenters. The van der Waals surface area contributed by atoms with E-state index in [1.165, 1.54) is 0 Å². The molecule has 0 aromatic rings. The highest BCUT2D eigenvalue weighted by atomic mass is 32.2. The number of thioether (sulfide) groups is 1. The molecule has 0 aromatic heterocycles. The van der Waals surface area contributed by atoms with E-state index in [0.717, 1.165) is 32.1 Å². The van der Waals surface area contributed by atoms with Crippen LogP contribution in [0.2, 0.25) is 0 Å². The number of nitrogens with zero attached hydrogens (tertiary/aromatic N) is 2. The number of unbranched alkanes of at least 4 members (excludes halogenated alkanes) is 4. The second-order valence-electron chi connectivity index (χ2n) is 8.99. The second-order valence-corrected chi connectivity index (χ2v) is 10.6. The minimum Gasteiger partial charge on any atom is -0.481 e. The average molecular weight is 453 g/mol. The average Bonchev–Trinajstić information content (AvgIpc) is 3.38. The van der Waals surface area contributed by atoms with Crippen LogP contribution in [0.1, 0.15) is 58.3 Å². The van der Waals surface area contributed by atoms with Crippen molar-refractivity contribution in [3.63, 3.8) is 0 Å². The third-order valence-corrected chi connectivity index (χ3v) is 9.02. The number of likely N-dealkylation sites (tertiary alicyclic amines) is 1. The summed E-state index contributed by atoms with van der Waals surface area (Å²) < 4.78 is -0.636. The number of aliphatic carboxylic acids is 1. The first-order valence-corrected chi connectivity index (χ1v) is 12.5. The zero-order valence-corrected chi connectivity index (χ0v) is 19.3. The van der Waals surface area contributed by atoms with Crippen molar-refractivity contribution in [2.75, 3.05) is 26.2 Å². The van der Waals surface area contributed by atoms with E-state index >= 15 is 0 Å². The molecular formula is C23H36N2O5S. The van der Waals surface area contributed by atoms with E-state index in [9.17, 15) is 19.5 Å². The number of aliphatic hydroxyl groups excluding tert-OH is 1. The van der Waals surface area contributed by atoms with Crippen molar-refractivity contribution >= 4 is 29.5 Å². The highest BCUT2D eigenvalue weighted by molar-refractivity contribution is 8.02. The molecule has 0 aromatic carbocycles. The number of carbonyl (C=O) groups excluding carboxylic acids is 2. The van der Waals surface area contributed by atoms with Crippen LogP contribution < -0.4 is 0 Å². The lowest BCUT2D eigenvalue weighted by Gasteiger charge is -2.37. The molecule has 31 heavy (non-hydrogen) atoms. The SMILES string of the molecule is C=CCN(CCCCC)C(=O)C1N(CCCCCO)C(=O)[C@@H]2[C@@H](C(=O)O)[C@H]3CCC12S3. The van der Waals surface area contributed by atoms with E-state index in [0.29, 0.717) is 38.9 Å². The fraction of sp³-hybridized carbons (Fsp3) is 0.783. The summed E-state index contributed by atoms with van der Waals surface area (Å²) in [5.74, 6) is -2.49. The Morgan fingerprint density at radius 2 is 2.06 bits per heavy atom. The lowest BCUT2D eigenvalue weighted by Crippen LogP contribution is -2.55. The third-order valence-electron chi connectivity index (χ3n) is 7.07. The number of carboxylic acid groups (broad SMARTS) is 1. The Morgan fingerprint density at radius 1 is 1.29 bits per heavy atom. The molecule has 3 fully saturated rings. The molecule has 0 saturated carbocycles. The molecular weight excluding hydrogens is 416 g/mol. The summed E-state index contributed by atoms with van der Waals surface area (Å²) in [6.45, 7) is 7.52. The monoisotopic (exact) mass is 452 g/mol. The van der Waals surface area contributed by atoms with Gasteiger partial charge in [0.05, 0.1) is 16.6 Å². The quantitative estimate of drug-likeness (QED) is 0.329. The van der Waals surface area contributed by atoms with Gasteiger partial charge in [0.1, 0.15) is 6.04 Å². The number of fused-ring (bicyclic) bond motifs is 1. The Labute approximate surface area is 189 Å². The molecule has 2 unspecified atom stereocenters. The van der Waals surface area contributed by atoms with E-state index in [1.807, 2.05) is 0 Å². The summed E-state index contributed by atoms with van der Waals surface area (Å²) in [5.41, 5.74) is 0. The zero-order chi connectivity index (χ0) is 22.6. The van der Waals surface area contributed by atoms with E-state index in [1.54, 1.807) is 27.6 Å². The standard InChI is InChI=1S/C23H36N2O5S/c1-3-5-7-13-24(12-4-2)21(28)19-23-11-10-16(31-23)17(22(29)30)18(23)20(27)25(19)14-8-6-9-15-26/h4,16-19,26H,2-3,5-15H2,1H3,(H,29,30)/t16-,17+,18+,19?,23?/m1/s1. The van der Waals surface area contributed by atoms with Crippen molar-refractivity contribution in [2.24, 2.45) is 11.8 Å². The van der Waals surface area contributed by atoms with Gasteiger partial charge in [-0.15, -0.1) is 18.3 Å². The van der Waals surface area contributed by atoms with Gasteiger partial charge in [-0.25, -0.2) is 0 Å². The number of hydrogen-bond donors (Lipinski definition) is 2. The predicted octanol–water partition coefficient (Wildman–Crippen LogP) is 2.53. The number of aliphatic hydroxyl groups is 1. The van der Waals surface area contributed by atoms with Crippen molar-refractivity contribution in [1.29, 1.82) is 0 Å². The van der Waals surface area contributed by atoms with Crippen LogP contribution in [0.4, 0.5) is 0 Å². The van der Waals surface area contributed by atoms with Gasteiger partial charge in [-0.05, 0) is 38.5 Å². The first-order valence-electron chi connectivity index (χ1n) is 11.6. The van der Waals surface area contributed by atoms with Gasteiger partial charge in [0, 0.05) is 31.5 Å². The zero-order valence-electron chi connectivity index (χ0n) is 18.5. The summed E-state index contributed by atoms with van der Waals surface area (Å²) in [6.07, 6.45) is 8.28. The predicted molar refractivity (Wildman–Crippen MR) is 121 cm³/mol. The molecule has 3 heterocycles. The van der Waals surface area contributed by atoms with Crippen LogP contribution in [0.3, 0.4) is 0 Å². The van der Waals surface area contributed by atoms with Crippen molar-refractivity contribution in [3.8, 4) is 0 Å². The van der Waals surface area contributed by atoms with E-state index in [-0.39, 0.29) is 23.7 Å². The topological polar surface area (TPSA) is 98.2 Å². The van der Waals surface area contributed by atoms with Crippen LogP contribution in [0.15, 0.2) is 12.7 Å². The normalized spacial score (nSPS) is 31.2. The highest BCUT2D eigenvalue weighted by Gasteiger charge is 2.73. The molecule has 3 aliphatic heterocycles. The van der Waals surface area contributed by atoms with Gasteiger partial charge in [-0.2, -0.15) is 0 Å². The van der Waals surface area contributed by atoms with Gasteiger partial charge in [0.15, 0.2) is 0 Å². The van der Waals surface area contributed by atoms with Gasteiger partial charge >= 0.3 is 5.97 Å². The van der Waals surface area contributed by atoms with Gasteiger partial charge in [-0.1, -0.05) is 25.8 Å². The lowest BCUT2D eigenvalue weighted by molar-refractivity contribution is -0.148. The lowest BCUT2D eigenvalue weighted by atomic mass is 9.71. The van der Waals surface area contributed by atoms with Gasteiger partial charge < -0.3 is 20.0 Å². The van der Waals surface area contributed by atoms with Crippen molar-refractivity contribution in [1.82, 2.24) is 9.80 Å². The van der Waals surface area contributed by atoms with E-state index < -0.39 is 28.6 Å².